The van der Waals surface area contributed by atoms with Gasteiger partial charge in [0.05, 0.1) is 22.8 Å². The lowest BCUT2D eigenvalue weighted by atomic mass is 9.89. The van der Waals surface area contributed by atoms with Gasteiger partial charge in [0, 0.05) is 6.07 Å². The van der Waals surface area contributed by atoms with Gasteiger partial charge in [-0.2, -0.15) is 18.3 Å². The van der Waals surface area contributed by atoms with Crippen molar-refractivity contribution >= 4 is 29.5 Å². The molecule has 128 valence electrons. The Hall–Kier alpha value is -2.07. The van der Waals surface area contributed by atoms with E-state index in [4.69, 9.17) is 16.7 Å². The van der Waals surface area contributed by atoms with Crippen LogP contribution in [0.1, 0.15) is 6.92 Å². The minimum Gasteiger partial charge on any atom is -0.506 e. The summed E-state index contributed by atoms with van der Waals surface area (Å²) in [6, 6.07) is 1.44. The molecule has 11 heteroatoms. The Kier molecular flexibility index (Phi) is 5.43. The molecule has 0 fully saturated rings. The van der Waals surface area contributed by atoms with Crippen LogP contribution in [0.3, 0.4) is 0 Å². The highest BCUT2D eigenvalue weighted by Gasteiger charge is 2.58. The van der Waals surface area contributed by atoms with Crippen molar-refractivity contribution in [2.75, 3.05) is 5.43 Å². The number of alkyl halides is 3. The van der Waals surface area contributed by atoms with Crippen molar-refractivity contribution in [3.8, 4) is 5.75 Å². The van der Waals surface area contributed by atoms with E-state index in [2.05, 4.69) is 5.10 Å². The fourth-order valence-electron chi connectivity index (χ4n) is 1.44. The molecule has 1 aromatic carbocycles. The predicted molar refractivity (Wildman–Crippen MR) is 73.0 cm³/mol. The number of nitrogens with zero attached hydrogens (tertiary/aromatic N) is 1. The molecule has 1 rings (SSSR count). The monoisotopic (exact) mass is 358 g/mol. The van der Waals surface area contributed by atoms with Gasteiger partial charge in [-0.15, -0.1) is 0 Å². The summed E-state index contributed by atoms with van der Waals surface area (Å²) in [6.07, 6.45) is -5.44. The summed E-state index contributed by atoms with van der Waals surface area (Å²) in [7, 11) is 0. The second-order valence-corrected chi connectivity index (χ2v) is 4.94. The molecule has 0 aliphatic carbocycles. The van der Waals surface area contributed by atoms with Gasteiger partial charge in [0.15, 0.2) is 0 Å². The minimum atomic E-state index is -5.34. The van der Waals surface area contributed by atoms with Gasteiger partial charge in [-0.3, -0.25) is 10.2 Å². The summed E-state index contributed by atoms with van der Waals surface area (Å²) in [6.45, 7) is 0.635. The Balaban J connectivity index is 3.09. The zero-order valence-corrected chi connectivity index (χ0v) is 12.2. The normalized spacial score (nSPS) is 16.1. The van der Waals surface area contributed by atoms with Crippen molar-refractivity contribution in [2.24, 2.45) is 11.0 Å². The number of hydrogen-bond acceptors (Lipinski definition) is 5. The maximum absolute atomic E-state index is 13.5. The Morgan fingerprint density at radius 2 is 2.00 bits per heavy atom. The SMILES string of the molecule is CC(C(=O)O)C(O)(/C=N\Nc1cc(O)c(Cl)cc1F)C(F)(F)F. The predicted octanol–water partition coefficient (Wildman–Crippen LogP) is 2.60. The molecule has 0 spiro atoms. The van der Waals surface area contributed by atoms with E-state index in [1.165, 1.54) is 0 Å². The Bertz CT molecular complexity index is 638. The van der Waals surface area contributed by atoms with Crippen LogP contribution in [-0.4, -0.2) is 39.3 Å². The molecule has 1 aromatic rings. The van der Waals surface area contributed by atoms with Crippen LogP contribution in [0.5, 0.6) is 5.75 Å². The topological polar surface area (TPSA) is 102 Å². The summed E-state index contributed by atoms with van der Waals surface area (Å²) in [5.41, 5.74) is -2.49. The molecule has 23 heavy (non-hydrogen) atoms. The molecule has 0 amide bonds. The second-order valence-electron chi connectivity index (χ2n) is 4.54. The molecule has 0 aliphatic rings. The number of rotatable bonds is 5. The van der Waals surface area contributed by atoms with E-state index in [1.807, 2.05) is 5.43 Å². The van der Waals surface area contributed by atoms with Crippen LogP contribution in [0.15, 0.2) is 17.2 Å². The van der Waals surface area contributed by atoms with Gasteiger partial charge in [0.25, 0.3) is 0 Å². The number of carboxylic acid groups (broad SMARTS) is 1. The van der Waals surface area contributed by atoms with Gasteiger partial charge in [-0.25, -0.2) is 4.39 Å². The number of phenolic OH excluding ortho intramolecular Hbond substituents is 1. The highest BCUT2D eigenvalue weighted by atomic mass is 35.5. The van der Waals surface area contributed by atoms with E-state index in [0.29, 0.717) is 13.0 Å². The number of carboxylic acids is 1. The number of aromatic hydroxyl groups is 1. The van der Waals surface area contributed by atoms with E-state index in [-0.39, 0.29) is 11.2 Å². The van der Waals surface area contributed by atoms with E-state index in [9.17, 15) is 32.6 Å². The number of anilines is 1. The Morgan fingerprint density at radius 1 is 1.43 bits per heavy atom. The van der Waals surface area contributed by atoms with Gasteiger partial charge in [0.1, 0.15) is 11.6 Å². The molecule has 2 unspecified atom stereocenters. The number of aliphatic hydroxyl groups is 1. The summed E-state index contributed by atoms with van der Waals surface area (Å²) >= 11 is 5.42. The molecule has 0 aliphatic heterocycles. The van der Waals surface area contributed by atoms with Crippen molar-refractivity contribution in [1.29, 1.82) is 0 Å². The molecule has 2 atom stereocenters. The Morgan fingerprint density at radius 3 is 2.48 bits per heavy atom. The minimum absolute atomic E-state index is 0.100. The van der Waals surface area contributed by atoms with Crippen molar-refractivity contribution in [2.45, 2.75) is 18.7 Å². The van der Waals surface area contributed by atoms with Gasteiger partial charge in [-0.05, 0) is 13.0 Å². The molecule has 0 saturated carbocycles. The van der Waals surface area contributed by atoms with E-state index in [0.717, 1.165) is 6.07 Å². The molecule has 0 radical (unpaired) electrons. The lowest BCUT2D eigenvalue weighted by molar-refractivity contribution is -0.245. The van der Waals surface area contributed by atoms with E-state index < -0.39 is 40.9 Å². The first-order valence-electron chi connectivity index (χ1n) is 5.90. The number of benzene rings is 1. The second kappa shape index (κ2) is 6.59. The third-order valence-electron chi connectivity index (χ3n) is 2.97. The number of hydrazone groups is 1. The molecular formula is C12H11ClF4N2O4. The molecule has 0 saturated heterocycles. The van der Waals surface area contributed by atoms with Crippen LogP contribution in [0.2, 0.25) is 5.02 Å². The van der Waals surface area contributed by atoms with Crippen LogP contribution in [0.25, 0.3) is 0 Å². The van der Waals surface area contributed by atoms with Crippen LogP contribution in [-0.2, 0) is 4.79 Å². The molecule has 6 nitrogen and oxygen atoms in total. The first kappa shape index (κ1) is 19.0. The highest BCUT2D eigenvalue weighted by Crippen LogP contribution is 2.35. The third kappa shape index (κ3) is 4.02. The summed E-state index contributed by atoms with van der Waals surface area (Å²) in [5, 5.41) is 30.2. The van der Waals surface area contributed by atoms with Crippen LogP contribution in [0, 0.1) is 11.7 Å². The van der Waals surface area contributed by atoms with Gasteiger partial charge in [-0.1, -0.05) is 11.6 Å². The molecular weight excluding hydrogens is 348 g/mol. The maximum atomic E-state index is 13.5. The first-order chi connectivity index (χ1) is 10.4. The van der Waals surface area contributed by atoms with Crippen LogP contribution < -0.4 is 5.43 Å². The molecule has 0 heterocycles. The first-order valence-corrected chi connectivity index (χ1v) is 6.28. The third-order valence-corrected chi connectivity index (χ3v) is 3.27. The molecule has 0 bridgehead atoms. The number of halogens is 5. The zero-order chi connectivity index (χ0) is 18.0. The molecule has 0 aromatic heterocycles. The van der Waals surface area contributed by atoms with Crippen molar-refractivity contribution in [1.82, 2.24) is 0 Å². The fourth-order valence-corrected chi connectivity index (χ4v) is 1.59. The number of hydrogen-bond donors (Lipinski definition) is 4. The number of phenols is 1. The van der Waals surface area contributed by atoms with Crippen molar-refractivity contribution in [3.63, 3.8) is 0 Å². The number of aliphatic carboxylic acids is 1. The highest BCUT2D eigenvalue weighted by molar-refractivity contribution is 6.32. The summed E-state index contributed by atoms with van der Waals surface area (Å²) in [4.78, 5) is 10.7. The fraction of sp³-hybridized carbons (Fsp3) is 0.333. The van der Waals surface area contributed by atoms with E-state index >= 15 is 0 Å². The summed E-state index contributed by atoms with van der Waals surface area (Å²) < 4.78 is 52.1. The number of nitrogens with one attached hydrogen (secondary N) is 1. The van der Waals surface area contributed by atoms with E-state index in [1.54, 1.807) is 0 Å². The molecule has 4 N–H and O–H groups in total. The van der Waals surface area contributed by atoms with Crippen molar-refractivity contribution < 1.29 is 37.7 Å². The number of carbonyl (C=O) groups is 1. The lowest BCUT2D eigenvalue weighted by Gasteiger charge is -2.29. The summed E-state index contributed by atoms with van der Waals surface area (Å²) in [5.74, 6) is -5.77. The van der Waals surface area contributed by atoms with Gasteiger partial charge < -0.3 is 15.3 Å². The zero-order valence-electron chi connectivity index (χ0n) is 11.4. The standard InChI is InChI=1S/C12H11ClF4N2O4/c1-5(10(21)22)11(23,12(15,16)17)4-18-19-8-3-9(20)6(13)2-7(8)14/h2-5,19-20,23H,1H3,(H,21,22)/b18-4-. The van der Waals surface area contributed by atoms with Crippen LogP contribution in [0.4, 0.5) is 23.2 Å². The maximum Gasteiger partial charge on any atom is 0.423 e. The van der Waals surface area contributed by atoms with Gasteiger partial charge in [0.2, 0.25) is 5.60 Å². The quantitative estimate of drug-likeness (QED) is 0.368. The Labute approximate surface area is 132 Å². The average Bonchev–Trinajstić information content (AvgIpc) is 2.41. The smallest absolute Gasteiger partial charge is 0.423 e. The largest absolute Gasteiger partial charge is 0.506 e. The average molecular weight is 359 g/mol. The van der Waals surface area contributed by atoms with Gasteiger partial charge >= 0.3 is 12.1 Å². The van der Waals surface area contributed by atoms with Crippen LogP contribution >= 0.6 is 11.6 Å². The van der Waals surface area contributed by atoms with Crippen molar-refractivity contribution in [3.05, 3.63) is 23.0 Å². The lowest BCUT2D eigenvalue weighted by Crippen LogP contribution is -2.54.